The Morgan fingerprint density at radius 2 is 2.00 bits per heavy atom. The van der Waals surface area contributed by atoms with Crippen LogP contribution in [0.4, 0.5) is 8.78 Å². The third kappa shape index (κ3) is 2.41. The number of halogens is 3. The van der Waals surface area contributed by atoms with Crippen molar-refractivity contribution in [3.05, 3.63) is 74.8 Å². The number of aromatic nitrogens is 2. The Morgan fingerprint density at radius 1 is 1.17 bits per heavy atom. The van der Waals surface area contributed by atoms with Crippen LogP contribution in [0.2, 0.25) is 5.02 Å². The number of hydrogen-bond acceptors (Lipinski definition) is 2. The van der Waals surface area contributed by atoms with Crippen molar-refractivity contribution in [3.8, 4) is 0 Å². The molecule has 0 spiro atoms. The van der Waals surface area contributed by atoms with E-state index in [2.05, 4.69) is 4.98 Å². The van der Waals surface area contributed by atoms with Crippen molar-refractivity contribution in [3.63, 3.8) is 0 Å². The van der Waals surface area contributed by atoms with Crippen LogP contribution in [0.15, 0.2) is 41.2 Å². The van der Waals surface area contributed by atoms with Crippen molar-refractivity contribution in [2.75, 3.05) is 0 Å². The topological polar surface area (TPSA) is 34.9 Å². The molecule has 0 saturated carbocycles. The van der Waals surface area contributed by atoms with Crippen LogP contribution in [0.5, 0.6) is 0 Å². The molecule has 0 N–H and O–H groups in total. The van der Waals surface area contributed by atoms with Crippen molar-refractivity contribution in [1.82, 2.24) is 9.55 Å². The van der Waals surface area contributed by atoms with Crippen molar-refractivity contribution < 1.29 is 8.78 Å². The van der Waals surface area contributed by atoms with E-state index < -0.39 is 11.6 Å². The van der Waals surface area contributed by atoms with Gasteiger partial charge < -0.3 is 0 Å². The molecular formula is C18H11ClF2N2O. The number of rotatable bonds is 1. The second-order valence-electron chi connectivity index (χ2n) is 5.64. The van der Waals surface area contributed by atoms with Crippen molar-refractivity contribution in [2.24, 2.45) is 0 Å². The number of hydrogen-bond donors (Lipinski definition) is 0. The molecule has 1 aliphatic rings. The molecule has 0 fully saturated rings. The summed E-state index contributed by atoms with van der Waals surface area (Å²) in [5.74, 6) is -0.776. The van der Waals surface area contributed by atoms with Crippen LogP contribution in [0.1, 0.15) is 17.8 Å². The van der Waals surface area contributed by atoms with Gasteiger partial charge in [0.05, 0.1) is 10.9 Å². The lowest BCUT2D eigenvalue weighted by Crippen LogP contribution is -2.20. The highest BCUT2D eigenvalue weighted by Gasteiger charge is 2.21. The predicted octanol–water partition coefficient (Wildman–Crippen LogP) is 4.27. The normalized spacial score (nSPS) is 15.2. The lowest BCUT2D eigenvalue weighted by Gasteiger charge is -2.06. The molecule has 3 nitrogen and oxygen atoms in total. The van der Waals surface area contributed by atoms with E-state index in [1.165, 1.54) is 12.1 Å². The Balaban J connectivity index is 1.91. The average molecular weight is 345 g/mol. The van der Waals surface area contributed by atoms with E-state index in [9.17, 15) is 13.6 Å². The summed E-state index contributed by atoms with van der Waals surface area (Å²) in [4.78, 5) is 17.1. The number of nitrogens with zero attached hydrogens (tertiary/aromatic N) is 2. The second-order valence-corrected chi connectivity index (χ2v) is 6.08. The van der Waals surface area contributed by atoms with Gasteiger partial charge in [0, 0.05) is 23.2 Å². The van der Waals surface area contributed by atoms with E-state index in [1.807, 2.05) is 0 Å². The summed E-state index contributed by atoms with van der Waals surface area (Å²) in [5.41, 5.74) is 1.36. The quantitative estimate of drug-likeness (QED) is 0.660. The van der Waals surface area contributed by atoms with E-state index >= 15 is 0 Å². The first-order valence-corrected chi connectivity index (χ1v) is 7.77. The van der Waals surface area contributed by atoms with Gasteiger partial charge in [0.1, 0.15) is 17.5 Å². The molecule has 1 aromatic heterocycles. The van der Waals surface area contributed by atoms with E-state index in [1.54, 1.807) is 28.8 Å². The van der Waals surface area contributed by atoms with Crippen LogP contribution in [0, 0.1) is 11.6 Å². The highest BCUT2D eigenvalue weighted by molar-refractivity contribution is 6.31. The summed E-state index contributed by atoms with van der Waals surface area (Å²) < 4.78 is 28.5. The molecule has 2 aromatic carbocycles. The van der Waals surface area contributed by atoms with Gasteiger partial charge >= 0.3 is 0 Å². The largest absolute Gasteiger partial charge is 0.292 e. The van der Waals surface area contributed by atoms with Gasteiger partial charge in [-0.05, 0) is 48.4 Å². The fraction of sp³-hybridized carbons (Fsp3) is 0.111. The third-order valence-electron chi connectivity index (χ3n) is 4.10. The standard InChI is InChI=1S/C18H11ClF2N2O/c19-12-2-4-14-16(8-12)22-17-11(5-6-23(17)18(14)24)7-10-1-3-13(20)9-15(10)21/h1-4,7-9H,5-6H2/b11-7+. The first-order chi connectivity index (χ1) is 11.5. The fourth-order valence-corrected chi connectivity index (χ4v) is 3.10. The summed E-state index contributed by atoms with van der Waals surface area (Å²) >= 11 is 5.98. The van der Waals surface area contributed by atoms with Gasteiger partial charge in [-0.2, -0.15) is 0 Å². The zero-order valence-electron chi connectivity index (χ0n) is 12.4. The Morgan fingerprint density at radius 3 is 2.79 bits per heavy atom. The van der Waals surface area contributed by atoms with Gasteiger partial charge in [-0.15, -0.1) is 0 Å². The van der Waals surface area contributed by atoms with Crippen LogP contribution in [-0.2, 0) is 6.54 Å². The molecule has 2 heterocycles. The van der Waals surface area contributed by atoms with E-state index in [0.29, 0.717) is 34.7 Å². The average Bonchev–Trinajstić information content (AvgIpc) is 2.93. The maximum atomic E-state index is 13.9. The van der Waals surface area contributed by atoms with Crippen molar-refractivity contribution in [1.29, 1.82) is 0 Å². The number of benzene rings is 2. The molecule has 3 aromatic rings. The zero-order chi connectivity index (χ0) is 16.8. The molecule has 120 valence electrons. The smallest absolute Gasteiger partial charge is 0.261 e. The highest BCUT2D eigenvalue weighted by atomic mass is 35.5. The van der Waals surface area contributed by atoms with Crippen LogP contribution < -0.4 is 5.56 Å². The minimum atomic E-state index is -0.646. The summed E-state index contributed by atoms with van der Waals surface area (Å²) in [7, 11) is 0. The summed E-state index contributed by atoms with van der Waals surface area (Å²) in [5, 5.41) is 0.991. The minimum Gasteiger partial charge on any atom is -0.292 e. The monoisotopic (exact) mass is 344 g/mol. The molecule has 4 rings (SSSR count). The SMILES string of the molecule is O=c1c2ccc(Cl)cc2nc2n1CC/C2=C\c1ccc(F)cc1F. The first kappa shape index (κ1) is 15.0. The van der Waals surface area contributed by atoms with Gasteiger partial charge in [0.25, 0.3) is 5.56 Å². The highest BCUT2D eigenvalue weighted by Crippen LogP contribution is 2.28. The van der Waals surface area contributed by atoms with Crippen molar-refractivity contribution in [2.45, 2.75) is 13.0 Å². The molecule has 24 heavy (non-hydrogen) atoms. The molecule has 0 saturated heterocycles. The van der Waals surface area contributed by atoms with Gasteiger partial charge in [-0.25, -0.2) is 13.8 Å². The van der Waals surface area contributed by atoms with Crippen LogP contribution in [0.3, 0.4) is 0 Å². The molecule has 0 bridgehead atoms. The summed E-state index contributed by atoms with van der Waals surface area (Å²) in [6.07, 6.45) is 2.17. The number of fused-ring (bicyclic) bond motifs is 2. The summed E-state index contributed by atoms with van der Waals surface area (Å²) in [6, 6.07) is 8.35. The Hall–Kier alpha value is -2.53. The Kier molecular flexibility index (Phi) is 3.46. The van der Waals surface area contributed by atoms with E-state index in [-0.39, 0.29) is 11.1 Å². The van der Waals surface area contributed by atoms with Gasteiger partial charge in [-0.1, -0.05) is 11.6 Å². The molecule has 0 atom stereocenters. The Bertz CT molecular complexity index is 1070. The molecule has 1 aliphatic heterocycles. The molecule has 0 amide bonds. The van der Waals surface area contributed by atoms with Gasteiger partial charge in [0.15, 0.2) is 0 Å². The van der Waals surface area contributed by atoms with E-state index in [4.69, 9.17) is 11.6 Å². The van der Waals surface area contributed by atoms with E-state index in [0.717, 1.165) is 11.6 Å². The molecule has 6 heteroatoms. The third-order valence-corrected chi connectivity index (χ3v) is 4.34. The zero-order valence-corrected chi connectivity index (χ0v) is 13.1. The molecule has 0 unspecified atom stereocenters. The van der Waals surface area contributed by atoms with Gasteiger partial charge in [-0.3, -0.25) is 9.36 Å². The van der Waals surface area contributed by atoms with Crippen LogP contribution in [-0.4, -0.2) is 9.55 Å². The predicted molar refractivity (Wildman–Crippen MR) is 89.9 cm³/mol. The maximum Gasteiger partial charge on any atom is 0.261 e. The lowest BCUT2D eigenvalue weighted by molar-refractivity contribution is 0.581. The molecular weight excluding hydrogens is 334 g/mol. The molecule has 0 aliphatic carbocycles. The second kappa shape index (κ2) is 5.53. The Labute approximate surface area is 140 Å². The van der Waals surface area contributed by atoms with Gasteiger partial charge in [0.2, 0.25) is 0 Å². The van der Waals surface area contributed by atoms with Crippen molar-refractivity contribution >= 4 is 34.2 Å². The lowest BCUT2D eigenvalue weighted by atomic mass is 10.1. The first-order valence-electron chi connectivity index (χ1n) is 7.39. The van der Waals surface area contributed by atoms with Crippen LogP contribution in [0.25, 0.3) is 22.6 Å². The minimum absolute atomic E-state index is 0.144. The fourth-order valence-electron chi connectivity index (χ4n) is 2.93. The number of allylic oxidation sites excluding steroid dienone is 1. The van der Waals surface area contributed by atoms with Crippen LogP contribution >= 0.6 is 11.6 Å². The summed E-state index contributed by atoms with van der Waals surface area (Å²) in [6.45, 7) is 0.481. The maximum absolute atomic E-state index is 13.9. The molecule has 0 radical (unpaired) electrons.